The van der Waals surface area contributed by atoms with Crippen molar-refractivity contribution in [1.82, 2.24) is 19.9 Å². The van der Waals surface area contributed by atoms with Crippen molar-refractivity contribution in [3.63, 3.8) is 0 Å². The van der Waals surface area contributed by atoms with Crippen LogP contribution in [-0.4, -0.2) is 39.7 Å². The number of pyridine rings is 2. The molecule has 0 saturated heterocycles. The van der Waals surface area contributed by atoms with Crippen molar-refractivity contribution in [2.75, 3.05) is 25.1 Å². The van der Waals surface area contributed by atoms with Crippen molar-refractivity contribution >= 4 is 16.7 Å². The minimum Gasteiger partial charge on any atom is -0.484 e. The molecule has 0 fully saturated rings. The maximum atomic E-state index is 13.7. The maximum absolute atomic E-state index is 13.7. The van der Waals surface area contributed by atoms with Gasteiger partial charge in [0.05, 0.1) is 16.8 Å². The Bertz CT molecular complexity index is 1350. The van der Waals surface area contributed by atoms with Gasteiger partial charge in [0.2, 0.25) is 0 Å². The number of hydrogen-bond donors (Lipinski definition) is 1. The highest BCUT2D eigenvalue weighted by Gasteiger charge is 2.34. The SMILES string of the molecule is C[C@H](CNc1cc(-c2cc(C(F)(F)F)c3ncccc3c2)ncn1)c1ccnc2c1OCCO2. The van der Waals surface area contributed by atoms with Crippen LogP contribution >= 0.6 is 0 Å². The van der Waals surface area contributed by atoms with Gasteiger partial charge in [0.25, 0.3) is 5.88 Å². The molecular weight excluding hydrogens is 447 g/mol. The molecule has 0 radical (unpaired) electrons. The largest absolute Gasteiger partial charge is 0.484 e. The van der Waals surface area contributed by atoms with Gasteiger partial charge < -0.3 is 14.8 Å². The molecule has 1 aromatic carbocycles. The molecule has 34 heavy (non-hydrogen) atoms. The highest BCUT2D eigenvalue weighted by atomic mass is 19.4. The van der Waals surface area contributed by atoms with Crippen LogP contribution in [0.25, 0.3) is 22.2 Å². The van der Waals surface area contributed by atoms with Crippen molar-refractivity contribution in [2.45, 2.75) is 19.0 Å². The highest BCUT2D eigenvalue weighted by Crippen LogP contribution is 2.38. The van der Waals surface area contributed by atoms with Crippen LogP contribution in [0.5, 0.6) is 11.6 Å². The lowest BCUT2D eigenvalue weighted by Gasteiger charge is -2.22. The van der Waals surface area contributed by atoms with Crippen LogP contribution in [0.4, 0.5) is 19.0 Å². The molecule has 0 amide bonds. The molecule has 7 nitrogen and oxygen atoms in total. The zero-order chi connectivity index (χ0) is 23.7. The van der Waals surface area contributed by atoms with E-state index in [-0.39, 0.29) is 11.4 Å². The lowest BCUT2D eigenvalue weighted by atomic mass is 10.0. The number of halogens is 3. The molecule has 0 saturated carbocycles. The normalized spacial score (nSPS) is 14.1. The van der Waals surface area contributed by atoms with E-state index in [0.717, 1.165) is 11.6 Å². The smallest absolute Gasteiger partial charge is 0.418 e. The summed E-state index contributed by atoms with van der Waals surface area (Å²) < 4.78 is 52.3. The Hall–Kier alpha value is -3.95. The fourth-order valence-electron chi connectivity index (χ4n) is 3.90. The number of ether oxygens (including phenoxy) is 2. The molecule has 0 unspecified atom stereocenters. The maximum Gasteiger partial charge on any atom is 0.418 e. The van der Waals surface area contributed by atoms with Gasteiger partial charge in [-0.3, -0.25) is 4.98 Å². The van der Waals surface area contributed by atoms with Crippen LogP contribution in [-0.2, 0) is 6.18 Å². The van der Waals surface area contributed by atoms with Gasteiger partial charge in [-0.15, -0.1) is 0 Å². The molecule has 5 rings (SSSR count). The molecule has 10 heteroatoms. The first-order valence-electron chi connectivity index (χ1n) is 10.7. The molecule has 0 bridgehead atoms. The summed E-state index contributed by atoms with van der Waals surface area (Å²) in [5.74, 6) is 1.64. The summed E-state index contributed by atoms with van der Waals surface area (Å²) in [6, 6.07) is 9.44. The highest BCUT2D eigenvalue weighted by molar-refractivity contribution is 5.87. The number of benzene rings is 1. The molecule has 1 aliphatic rings. The molecule has 0 spiro atoms. The van der Waals surface area contributed by atoms with Crippen molar-refractivity contribution in [3.8, 4) is 22.9 Å². The number of nitrogens with zero attached hydrogens (tertiary/aromatic N) is 4. The zero-order valence-electron chi connectivity index (χ0n) is 18.1. The van der Waals surface area contributed by atoms with E-state index in [1.165, 1.54) is 12.5 Å². The lowest BCUT2D eigenvalue weighted by molar-refractivity contribution is -0.136. The van der Waals surface area contributed by atoms with Crippen molar-refractivity contribution in [3.05, 3.63) is 66.2 Å². The predicted octanol–water partition coefficient (Wildman–Crippen LogP) is 5.09. The Kier molecular flexibility index (Phi) is 5.64. The van der Waals surface area contributed by atoms with Gasteiger partial charge in [0, 0.05) is 47.4 Å². The fourth-order valence-corrected chi connectivity index (χ4v) is 3.90. The number of alkyl halides is 3. The first kappa shape index (κ1) is 21.9. The van der Waals surface area contributed by atoms with Crippen LogP contribution in [0.15, 0.2) is 55.1 Å². The summed E-state index contributed by atoms with van der Waals surface area (Å²) in [4.78, 5) is 16.5. The lowest BCUT2D eigenvalue weighted by Crippen LogP contribution is -2.19. The third kappa shape index (κ3) is 4.30. The molecular formula is C24H20F3N5O2. The van der Waals surface area contributed by atoms with E-state index in [2.05, 4.69) is 25.3 Å². The van der Waals surface area contributed by atoms with Crippen LogP contribution in [0.1, 0.15) is 24.0 Å². The number of nitrogens with one attached hydrogen (secondary N) is 1. The van der Waals surface area contributed by atoms with Crippen LogP contribution in [0.3, 0.4) is 0 Å². The van der Waals surface area contributed by atoms with Crippen LogP contribution in [0, 0.1) is 0 Å². The van der Waals surface area contributed by atoms with E-state index < -0.39 is 11.7 Å². The topological polar surface area (TPSA) is 82.1 Å². The Morgan fingerprint density at radius 2 is 1.85 bits per heavy atom. The summed E-state index contributed by atoms with van der Waals surface area (Å²) >= 11 is 0. The van der Waals surface area contributed by atoms with E-state index in [1.54, 1.807) is 30.5 Å². The molecule has 1 aliphatic heterocycles. The van der Waals surface area contributed by atoms with Gasteiger partial charge in [0.1, 0.15) is 25.4 Å². The van der Waals surface area contributed by atoms with Gasteiger partial charge in [-0.25, -0.2) is 15.0 Å². The second kappa shape index (κ2) is 8.77. The van der Waals surface area contributed by atoms with Gasteiger partial charge in [0.15, 0.2) is 5.75 Å². The summed E-state index contributed by atoms with van der Waals surface area (Å²) in [5.41, 5.74) is 0.765. The summed E-state index contributed by atoms with van der Waals surface area (Å²) in [6.45, 7) is 3.45. The third-order valence-corrected chi connectivity index (χ3v) is 5.56. The van der Waals surface area contributed by atoms with Gasteiger partial charge in [-0.1, -0.05) is 13.0 Å². The monoisotopic (exact) mass is 467 g/mol. The molecule has 1 atom stereocenters. The number of anilines is 1. The Morgan fingerprint density at radius 3 is 2.71 bits per heavy atom. The van der Waals surface area contributed by atoms with E-state index in [4.69, 9.17) is 9.47 Å². The summed E-state index contributed by atoms with van der Waals surface area (Å²) in [7, 11) is 0. The number of fused-ring (bicyclic) bond motifs is 2. The Morgan fingerprint density at radius 1 is 1.00 bits per heavy atom. The van der Waals surface area contributed by atoms with E-state index in [1.807, 2.05) is 13.0 Å². The Labute approximate surface area is 193 Å². The van der Waals surface area contributed by atoms with Crippen molar-refractivity contribution in [2.24, 2.45) is 0 Å². The molecule has 0 aliphatic carbocycles. The van der Waals surface area contributed by atoms with Gasteiger partial charge in [-0.2, -0.15) is 13.2 Å². The van der Waals surface area contributed by atoms with Crippen molar-refractivity contribution < 1.29 is 22.6 Å². The number of rotatable bonds is 5. The van der Waals surface area contributed by atoms with Crippen molar-refractivity contribution in [1.29, 1.82) is 0 Å². The minimum absolute atomic E-state index is 0.0282. The molecule has 4 aromatic rings. The third-order valence-electron chi connectivity index (χ3n) is 5.56. The first-order chi connectivity index (χ1) is 16.4. The average molecular weight is 467 g/mol. The molecule has 3 aromatic heterocycles. The van der Waals surface area contributed by atoms with Crippen LogP contribution in [0.2, 0.25) is 0 Å². The second-order valence-electron chi connectivity index (χ2n) is 7.90. The standard InChI is InChI=1S/C24H20F3N5O2/c1-14(17-4-6-29-23-22(17)33-7-8-34-23)12-30-20-11-19(31-13-32-20)16-9-15-3-2-5-28-21(15)18(10-16)24(25,26)27/h2-6,9-11,13-14H,7-8,12H2,1H3,(H,30,31,32)/t14-/m1/s1. The average Bonchev–Trinajstić information content (AvgIpc) is 2.86. The fraction of sp³-hybridized carbons (Fsp3) is 0.250. The first-order valence-corrected chi connectivity index (χ1v) is 10.7. The molecule has 1 N–H and O–H groups in total. The van der Waals surface area contributed by atoms with Gasteiger partial charge in [-0.05, 0) is 24.3 Å². The Balaban J connectivity index is 1.40. The van der Waals surface area contributed by atoms with Crippen LogP contribution < -0.4 is 14.8 Å². The molecule has 4 heterocycles. The zero-order valence-corrected chi connectivity index (χ0v) is 18.1. The van der Waals surface area contributed by atoms with E-state index in [9.17, 15) is 13.2 Å². The molecule has 174 valence electrons. The summed E-state index contributed by atoms with van der Waals surface area (Å²) in [5, 5.41) is 3.63. The van der Waals surface area contributed by atoms with E-state index in [0.29, 0.717) is 53.8 Å². The second-order valence-corrected chi connectivity index (χ2v) is 7.90. The summed E-state index contributed by atoms with van der Waals surface area (Å²) in [6.07, 6.45) is -0.187. The minimum atomic E-state index is -4.54. The predicted molar refractivity (Wildman–Crippen MR) is 120 cm³/mol. The number of aromatic nitrogens is 4. The quantitative estimate of drug-likeness (QED) is 0.438. The van der Waals surface area contributed by atoms with Gasteiger partial charge >= 0.3 is 6.18 Å². The number of hydrogen-bond acceptors (Lipinski definition) is 7. The van der Waals surface area contributed by atoms with E-state index >= 15 is 0 Å².